The van der Waals surface area contributed by atoms with Gasteiger partial charge < -0.3 is 0 Å². The van der Waals surface area contributed by atoms with Crippen LogP contribution in [-0.4, -0.2) is 30.1 Å². The van der Waals surface area contributed by atoms with Crippen molar-refractivity contribution in [3.63, 3.8) is 0 Å². The van der Waals surface area contributed by atoms with E-state index < -0.39 is 19.8 Å². The molecule has 1 atom stereocenters. The summed E-state index contributed by atoms with van der Waals surface area (Å²) in [6, 6.07) is 6.53. The van der Waals surface area contributed by atoms with Gasteiger partial charge in [0.15, 0.2) is 0 Å². The molecule has 2 amide bonds. The Morgan fingerprint density at radius 1 is 1.18 bits per heavy atom. The summed E-state index contributed by atoms with van der Waals surface area (Å²) in [5.74, 6) is -0.831. The first kappa shape index (κ1) is 13.8. The molecule has 1 aliphatic heterocycles. The lowest BCUT2D eigenvalue weighted by molar-refractivity contribution is 0.0677. The van der Waals surface area contributed by atoms with Crippen molar-refractivity contribution in [1.82, 2.24) is 4.90 Å². The molecular weight excluding hydrogens is 265 g/mol. The van der Waals surface area contributed by atoms with Crippen molar-refractivity contribution in [3.05, 3.63) is 35.4 Å². The highest BCUT2D eigenvalue weighted by atomic mass is 35.5. The molecule has 1 aromatic carbocycles. The topological polar surface area (TPSA) is 63.7 Å². The predicted molar refractivity (Wildman–Crippen MR) is 63.7 cm³/mol. The van der Waals surface area contributed by atoms with Gasteiger partial charge in [0.1, 0.15) is 0 Å². The van der Waals surface area contributed by atoms with Crippen molar-refractivity contribution in [2.24, 2.45) is 0 Å². The van der Waals surface area contributed by atoms with Gasteiger partial charge >= 0.3 is 8.03 Å². The highest BCUT2D eigenvalue weighted by molar-refractivity contribution is 7.39. The number of carbonyl (C=O) groups excluding carboxylic acids is 2. The summed E-state index contributed by atoms with van der Waals surface area (Å²) < 4.78 is 15.8. The Morgan fingerprint density at radius 3 is 2.06 bits per heavy atom. The fourth-order valence-electron chi connectivity index (χ4n) is 1.54. The number of nitrogens with zero attached hydrogens (tertiary/aromatic N) is 1. The Kier molecular flexibility index (Phi) is 4.34. The number of benzene rings is 1. The Hall–Kier alpha value is -1.29. The molecule has 1 aromatic rings. The van der Waals surface area contributed by atoms with Gasteiger partial charge in [-0.1, -0.05) is 12.1 Å². The minimum atomic E-state index is -2.01. The van der Waals surface area contributed by atoms with Crippen LogP contribution in [0.25, 0.3) is 0 Å². The Bertz CT molecular complexity index is 456. The number of imide groups is 1. The third kappa shape index (κ3) is 2.36. The molecule has 0 radical (unpaired) electrons. The third-order valence-corrected chi connectivity index (χ3v) is 3.26. The van der Waals surface area contributed by atoms with Crippen LogP contribution in [0.3, 0.4) is 0 Å². The minimum Gasteiger partial charge on any atom is -0.268 e. The summed E-state index contributed by atoms with van der Waals surface area (Å²) >= 11 is 0. The molecule has 17 heavy (non-hydrogen) atoms. The van der Waals surface area contributed by atoms with Crippen LogP contribution in [0.2, 0.25) is 0 Å². The molecule has 1 unspecified atom stereocenters. The largest absolute Gasteiger partial charge is 0.530 e. The van der Waals surface area contributed by atoms with Crippen molar-refractivity contribution in [2.75, 3.05) is 13.4 Å². The van der Waals surface area contributed by atoms with Crippen LogP contribution in [0.5, 0.6) is 0 Å². The molecule has 0 aromatic heterocycles. The van der Waals surface area contributed by atoms with Crippen LogP contribution in [-0.2, 0) is 9.09 Å². The van der Waals surface area contributed by atoms with Crippen LogP contribution in [0.1, 0.15) is 20.7 Å². The van der Waals surface area contributed by atoms with Crippen molar-refractivity contribution in [3.8, 4) is 0 Å². The predicted octanol–water partition coefficient (Wildman–Crippen LogP) is 2.05. The first-order chi connectivity index (χ1) is 7.65. The smallest absolute Gasteiger partial charge is 0.268 e. The van der Waals surface area contributed by atoms with Gasteiger partial charge in [-0.05, 0) is 16.7 Å². The van der Waals surface area contributed by atoms with E-state index >= 15 is 0 Å². The second-order valence-electron chi connectivity index (χ2n) is 3.24. The molecule has 0 spiro atoms. The average Bonchev–Trinajstić information content (AvgIpc) is 2.55. The van der Waals surface area contributed by atoms with Crippen LogP contribution in [0, 0.1) is 0 Å². The number of rotatable bonds is 3. The second kappa shape index (κ2) is 5.36. The van der Waals surface area contributed by atoms with Gasteiger partial charge in [0.2, 0.25) is 0 Å². The lowest BCUT2D eigenvalue weighted by Gasteiger charge is -2.04. The van der Waals surface area contributed by atoms with Gasteiger partial charge in [-0.3, -0.25) is 9.59 Å². The van der Waals surface area contributed by atoms with Gasteiger partial charge in [0.05, 0.1) is 18.2 Å². The van der Waals surface area contributed by atoms with Crippen molar-refractivity contribution < 1.29 is 18.7 Å². The van der Waals surface area contributed by atoms with E-state index in [1.165, 1.54) is 7.11 Å². The number of amides is 2. The lowest BCUT2D eigenvalue weighted by atomic mass is 10.1. The Morgan fingerprint density at radius 2 is 1.65 bits per heavy atom. The Labute approximate surface area is 105 Å². The summed E-state index contributed by atoms with van der Waals surface area (Å²) in [5.41, 5.74) is 0.707. The van der Waals surface area contributed by atoms with Gasteiger partial charge in [0.25, 0.3) is 18.1 Å². The fraction of sp³-hybridized carbons (Fsp3) is 0.200. The van der Waals surface area contributed by atoms with Crippen LogP contribution < -0.4 is 0 Å². The van der Waals surface area contributed by atoms with E-state index in [9.17, 15) is 14.2 Å². The summed E-state index contributed by atoms with van der Waals surface area (Å²) in [6.45, 7) is 0. The quantitative estimate of drug-likeness (QED) is 0.625. The first-order valence-corrected chi connectivity index (χ1v) is 5.95. The maximum absolute atomic E-state index is 11.8. The molecule has 0 N–H and O–H groups in total. The van der Waals surface area contributed by atoms with Crippen molar-refractivity contribution in [1.29, 1.82) is 0 Å². The van der Waals surface area contributed by atoms with E-state index in [1.54, 1.807) is 24.3 Å². The number of halogens is 1. The Balaban J connectivity index is 0.00000144. The fourth-order valence-corrected chi connectivity index (χ4v) is 2.14. The zero-order chi connectivity index (χ0) is 11.7. The number of hydrogen-bond acceptors (Lipinski definition) is 4. The van der Waals surface area contributed by atoms with Crippen LogP contribution in [0.4, 0.5) is 0 Å². The zero-order valence-corrected chi connectivity index (χ0v) is 10.7. The molecule has 90 valence electrons. The molecular formula is C10H10ClNO4P+. The maximum atomic E-state index is 11.8. The molecule has 1 aliphatic rings. The molecule has 1 heterocycles. The number of carbonyl (C=O) groups is 2. The molecule has 0 saturated carbocycles. The van der Waals surface area contributed by atoms with E-state index in [2.05, 4.69) is 4.52 Å². The summed E-state index contributed by atoms with van der Waals surface area (Å²) in [6.07, 6.45) is -0.196. The molecule has 0 fully saturated rings. The standard InChI is InChI=1S/C10H9NO4P.ClH/c1-15-16(14)6-11-9(12)7-4-2-3-5-8(7)10(11)13;/h2-5H,6H2,1H3;1H/q+1;. The van der Waals surface area contributed by atoms with Crippen LogP contribution >= 0.6 is 20.4 Å². The summed E-state index contributed by atoms with van der Waals surface area (Å²) in [4.78, 5) is 24.5. The van der Waals surface area contributed by atoms with Crippen molar-refractivity contribution >= 4 is 32.2 Å². The molecule has 2 rings (SSSR count). The summed E-state index contributed by atoms with van der Waals surface area (Å²) in [5, 5.41) is 0. The lowest BCUT2D eigenvalue weighted by Crippen LogP contribution is -2.29. The zero-order valence-electron chi connectivity index (χ0n) is 8.95. The third-order valence-electron chi connectivity index (χ3n) is 2.34. The molecule has 0 aliphatic carbocycles. The summed E-state index contributed by atoms with van der Waals surface area (Å²) in [7, 11) is -0.736. The normalized spacial score (nSPS) is 14.4. The second-order valence-corrected chi connectivity index (χ2v) is 4.55. The van der Waals surface area contributed by atoms with Crippen molar-refractivity contribution in [2.45, 2.75) is 0 Å². The van der Waals surface area contributed by atoms with E-state index in [-0.39, 0.29) is 18.7 Å². The van der Waals surface area contributed by atoms with Gasteiger partial charge in [-0.25, -0.2) is 4.90 Å². The SMILES string of the molecule is CO[P+](=O)CN1C(=O)c2ccccc2C1=O.Cl. The maximum Gasteiger partial charge on any atom is 0.530 e. The molecule has 7 heteroatoms. The highest BCUT2D eigenvalue weighted by Crippen LogP contribution is 2.29. The molecule has 0 saturated heterocycles. The van der Waals surface area contributed by atoms with Gasteiger partial charge in [-0.2, -0.15) is 0 Å². The number of fused-ring (bicyclic) bond motifs is 1. The molecule has 0 bridgehead atoms. The first-order valence-electron chi connectivity index (χ1n) is 4.59. The monoisotopic (exact) mass is 274 g/mol. The average molecular weight is 275 g/mol. The van der Waals surface area contributed by atoms with E-state index in [4.69, 9.17) is 0 Å². The van der Waals surface area contributed by atoms with Gasteiger partial charge in [-0.15, -0.1) is 16.9 Å². The minimum absolute atomic E-state index is 0. The highest BCUT2D eigenvalue weighted by Gasteiger charge is 2.39. The van der Waals surface area contributed by atoms with E-state index in [1.807, 2.05) is 0 Å². The van der Waals surface area contributed by atoms with E-state index in [0.717, 1.165) is 4.90 Å². The van der Waals surface area contributed by atoms with Gasteiger partial charge in [0, 0.05) is 0 Å². The molecule has 5 nitrogen and oxygen atoms in total. The number of hydrogen-bond donors (Lipinski definition) is 0. The van der Waals surface area contributed by atoms with Crippen LogP contribution in [0.15, 0.2) is 24.3 Å². The van der Waals surface area contributed by atoms with E-state index in [0.29, 0.717) is 11.1 Å².